The molecule has 0 unspecified atom stereocenters. The van der Waals surface area contributed by atoms with Gasteiger partial charge in [0, 0.05) is 38.4 Å². The highest BCUT2D eigenvalue weighted by Crippen LogP contribution is 2.21. The molecule has 1 aliphatic heterocycles. The Morgan fingerprint density at radius 1 is 1.19 bits per heavy atom. The van der Waals surface area contributed by atoms with E-state index in [9.17, 15) is 9.18 Å². The molecule has 164 valence electrons. The first kappa shape index (κ1) is 20.7. The second-order valence-electron chi connectivity index (χ2n) is 7.46. The minimum absolute atomic E-state index is 0.0380. The molecule has 0 saturated carbocycles. The van der Waals surface area contributed by atoms with Gasteiger partial charge in [-0.15, -0.1) is 5.10 Å². The fourth-order valence-electron chi connectivity index (χ4n) is 3.41. The maximum atomic E-state index is 13.2. The van der Waals surface area contributed by atoms with Crippen molar-refractivity contribution in [2.24, 2.45) is 0 Å². The van der Waals surface area contributed by atoms with Gasteiger partial charge in [0.25, 0.3) is 0 Å². The molecular formula is C19H23FN8O3. The zero-order valence-corrected chi connectivity index (χ0v) is 17.2. The molecule has 1 saturated heterocycles. The fourth-order valence-corrected chi connectivity index (χ4v) is 3.41. The molecule has 0 aliphatic carbocycles. The van der Waals surface area contributed by atoms with E-state index in [0.29, 0.717) is 25.3 Å². The normalized spacial score (nSPS) is 14.9. The van der Waals surface area contributed by atoms with Crippen LogP contribution in [0.4, 0.5) is 15.9 Å². The van der Waals surface area contributed by atoms with Crippen LogP contribution in [0.3, 0.4) is 0 Å². The number of nitrogens with two attached hydrogens (primary N) is 1. The molecule has 31 heavy (non-hydrogen) atoms. The average molecular weight is 430 g/mol. The van der Waals surface area contributed by atoms with Crippen LogP contribution >= 0.6 is 0 Å². The van der Waals surface area contributed by atoms with E-state index in [1.165, 1.54) is 16.8 Å². The van der Waals surface area contributed by atoms with Crippen LogP contribution in [0.1, 0.15) is 30.0 Å². The number of nitrogens with zero attached hydrogens (tertiary/aromatic N) is 7. The van der Waals surface area contributed by atoms with Crippen molar-refractivity contribution < 1.29 is 18.6 Å². The first-order chi connectivity index (χ1) is 14.9. The third kappa shape index (κ3) is 4.48. The SMILES string of the molecule is CC(C)OC(=O)c1nnn(-c2nonc2N)c1CN1CCN(c2ccc(F)cc2)CC1. The number of nitrogen functional groups attached to an aromatic ring is 1. The number of halogens is 1. The summed E-state index contributed by atoms with van der Waals surface area (Å²) in [6.45, 7) is 6.81. The second-order valence-corrected chi connectivity index (χ2v) is 7.46. The summed E-state index contributed by atoms with van der Waals surface area (Å²) in [4.78, 5) is 16.9. The minimum Gasteiger partial charge on any atom is -0.458 e. The van der Waals surface area contributed by atoms with Crippen molar-refractivity contribution in [3.8, 4) is 5.82 Å². The Balaban J connectivity index is 1.53. The van der Waals surface area contributed by atoms with Gasteiger partial charge < -0.3 is 15.4 Å². The Hall–Kier alpha value is -3.54. The lowest BCUT2D eigenvalue weighted by atomic mass is 10.2. The fraction of sp³-hybridized carbons (Fsp3) is 0.421. The first-order valence-corrected chi connectivity index (χ1v) is 9.89. The van der Waals surface area contributed by atoms with Gasteiger partial charge >= 0.3 is 5.97 Å². The van der Waals surface area contributed by atoms with Gasteiger partial charge in [0.15, 0.2) is 5.69 Å². The third-order valence-electron chi connectivity index (χ3n) is 4.93. The predicted molar refractivity (Wildman–Crippen MR) is 108 cm³/mol. The largest absolute Gasteiger partial charge is 0.458 e. The topological polar surface area (TPSA) is 128 Å². The summed E-state index contributed by atoms with van der Waals surface area (Å²) in [6, 6.07) is 6.44. The van der Waals surface area contributed by atoms with Crippen molar-refractivity contribution in [3.63, 3.8) is 0 Å². The number of hydrogen-bond acceptors (Lipinski definition) is 10. The highest BCUT2D eigenvalue weighted by Gasteiger charge is 2.28. The minimum atomic E-state index is -0.573. The Morgan fingerprint density at radius 3 is 2.52 bits per heavy atom. The molecule has 0 radical (unpaired) electrons. The van der Waals surface area contributed by atoms with Crippen molar-refractivity contribution in [3.05, 3.63) is 41.5 Å². The van der Waals surface area contributed by atoms with Gasteiger partial charge in [-0.05, 0) is 48.4 Å². The quantitative estimate of drug-likeness (QED) is 0.571. The van der Waals surface area contributed by atoms with Crippen LogP contribution in [0.2, 0.25) is 0 Å². The predicted octanol–water partition coefficient (Wildman–Crippen LogP) is 1.26. The maximum Gasteiger partial charge on any atom is 0.361 e. The van der Waals surface area contributed by atoms with Crippen LogP contribution in [0, 0.1) is 5.82 Å². The van der Waals surface area contributed by atoms with Gasteiger partial charge in [-0.25, -0.2) is 13.8 Å². The molecule has 4 rings (SSSR count). The summed E-state index contributed by atoms with van der Waals surface area (Å²) in [6.07, 6.45) is -0.302. The number of benzene rings is 1. The van der Waals surface area contributed by atoms with Crippen LogP contribution in [-0.4, -0.2) is 68.5 Å². The van der Waals surface area contributed by atoms with E-state index in [1.54, 1.807) is 26.0 Å². The lowest BCUT2D eigenvalue weighted by molar-refractivity contribution is 0.0368. The number of aromatic nitrogens is 5. The van der Waals surface area contributed by atoms with Gasteiger partial charge in [-0.1, -0.05) is 5.21 Å². The van der Waals surface area contributed by atoms with Crippen LogP contribution in [0.25, 0.3) is 5.82 Å². The van der Waals surface area contributed by atoms with Gasteiger partial charge in [0.1, 0.15) is 5.82 Å². The molecule has 0 bridgehead atoms. The van der Waals surface area contributed by atoms with Crippen molar-refractivity contribution in [1.82, 2.24) is 30.2 Å². The number of esters is 1. The average Bonchev–Trinajstić information content (AvgIpc) is 3.34. The van der Waals surface area contributed by atoms with E-state index >= 15 is 0 Å². The molecule has 1 aromatic carbocycles. The van der Waals surface area contributed by atoms with Crippen LogP contribution in [-0.2, 0) is 11.3 Å². The van der Waals surface area contributed by atoms with E-state index < -0.39 is 5.97 Å². The number of hydrogen-bond donors (Lipinski definition) is 1. The van der Waals surface area contributed by atoms with Gasteiger partial charge in [0.05, 0.1) is 11.8 Å². The van der Waals surface area contributed by atoms with Crippen LogP contribution in [0.15, 0.2) is 28.9 Å². The standard InChI is InChI=1S/C19H23FN8O3/c1-12(2)30-19(29)16-15(28(25-22-16)18-17(21)23-31-24-18)11-26-7-9-27(10-8-26)14-5-3-13(20)4-6-14/h3-6,12H,7-11H2,1-2H3,(H2,21,23). The smallest absolute Gasteiger partial charge is 0.361 e. The maximum absolute atomic E-state index is 13.2. The van der Waals surface area contributed by atoms with E-state index in [2.05, 4.69) is 35.1 Å². The lowest BCUT2D eigenvalue weighted by Gasteiger charge is -2.36. The van der Waals surface area contributed by atoms with Crippen molar-refractivity contribution in [1.29, 1.82) is 0 Å². The van der Waals surface area contributed by atoms with Gasteiger partial charge in [-0.2, -0.15) is 4.68 Å². The number of carbonyl (C=O) groups excluding carboxylic acids is 1. The van der Waals surface area contributed by atoms with Gasteiger partial charge in [0.2, 0.25) is 11.6 Å². The first-order valence-electron chi connectivity index (χ1n) is 9.89. The van der Waals surface area contributed by atoms with Crippen molar-refractivity contribution in [2.45, 2.75) is 26.5 Å². The second kappa shape index (κ2) is 8.68. The van der Waals surface area contributed by atoms with Crippen LogP contribution < -0.4 is 10.6 Å². The Bertz CT molecular complexity index is 1040. The monoisotopic (exact) mass is 430 g/mol. The number of anilines is 2. The van der Waals surface area contributed by atoms with Crippen molar-refractivity contribution in [2.75, 3.05) is 36.8 Å². The van der Waals surface area contributed by atoms with E-state index in [1.807, 2.05) is 0 Å². The molecule has 3 heterocycles. The van der Waals surface area contributed by atoms with Crippen LogP contribution in [0.5, 0.6) is 0 Å². The Morgan fingerprint density at radius 2 is 1.90 bits per heavy atom. The molecular weight excluding hydrogens is 407 g/mol. The molecule has 11 nitrogen and oxygen atoms in total. The summed E-state index contributed by atoms with van der Waals surface area (Å²) in [5, 5.41) is 15.4. The van der Waals surface area contributed by atoms with Gasteiger partial charge in [-0.3, -0.25) is 4.90 Å². The molecule has 2 N–H and O–H groups in total. The lowest BCUT2D eigenvalue weighted by Crippen LogP contribution is -2.46. The molecule has 1 fully saturated rings. The number of piperazine rings is 1. The molecule has 0 spiro atoms. The van der Waals surface area contributed by atoms with Crippen molar-refractivity contribution >= 4 is 17.5 Å². The Labute approximate surface area is 177 Å². The molecule has 0 amide bonds. The zero-order chi connectivity index (χ0) is 22.0. The summed E-state index contributed by atoms with van der Waals surface area (Å²) >= 11 is 0. The number of rotatable bonds is 6. The summed E-state index contributed by atoms with van der Waals surface area (Å²) in [7, 11) is 0. The number of ether oxygens (including phenoxy) is 1. The highest BCUT2D eigenvalue weighted by molar-refractivity contribution is 5.88. The molecule has 2 aromatic heterocycles. The Kier molecular flexibility index (Phi) is 5.80. The zero-order valence-electron chi connectivity index (χ0n) is 17.2. The van der Waals surface area contributed by atoms with E-state index in [0.717, 1.165) is 18.8 Å². The molecule has 0 atom stereocenters. The summed E-state index contributed by atoms with van der Waals surface area (Å²) in [5.41, 5.74) is 7.37. The molecule has 12 heteroatoms. The summed E-state index contributed by atoms with van der Waals surface area (Å²) < 4.78 is 24.5. The van der Waals surface area contributed by atoms with E-state index in [-0.39, 0.29) is 29.3 Å². The highest BCUT2D eigenvalue weighted by atomic mass is 19.1. The molecule has 1 aliphatic rings. The summed E-state index contributed by atoms with van der Waals surface area (Å²) in [5.74, 6) is -0.631. The number of carbonyl (C=O) groups is 1. The third-order valence-corrected chi connectivity index (χ3v) is 4.93. The van der Waals surface area contributed by atoms with E-state index in [4.69, 9.17) is 10.5 Å². The molecule has 3 aromatic rings.